The molecule has 10 nitrogen and oxygen atoms in total. The smallest absolute Gasteiger partial charge is 0.296 e. The van der Waals surface area contributed by atoms with E-state index < -0.39 is 0 Å². The lowest BCUT2D eigenvalue weighted by Crippen LogP contribution is -2.29. The van der Waals surface area contributed by atoms with E-state index in [0.29, 0.717) is 28.0 Å². The Labute approximate surface area is 266 Å². The summed E-state index contributed by atoms with van der Waals surface area (Å²) >= 11 is 5.93. The molecule has 228 valence electrons. The first-order valence-corrected chi connectivity index (χ1v) is 14.6. The highest BCUT2D eigenvalue weighted by atomic mass is 32.1. The van der Waals surface area contributed by atoms with Crippen molar-refractivity contribution in [2.45, 2.75) is 25.9 Å². The summed E-state index contributed by atoms with van der Waals surface area (Å²) in [6.45, 7) is 3.91. The molecule has 2 aromatic heterocycles. The number of aryl methyl sites for hydroxylation is 1. The molecule has 3 heterocycles. The number of methoxy groups -OCH3 is 2. The third-order valence-electron chi connectivity index (χ3n) is 7.92. The van der Waals surface area contributed by atoms with Gasteiger partial charge in [0.1, 0.15) is 28.7 Å². The molecule has 3 aromatic carbocycles. The van der Waals surface area contributed by atoms with Gasteiger partial charge in [-0.05, 0) is 110 Å². The maximum absolute atomic E-state index is 12.1. The fourth-order valence-electron chi connectivity index (χ4n) is 5.83. The van der Waals surface area contributed by atoms with Gasteiger partial charge in [-0.15, -0.1) is 0 Å². The highest BCUT2D eigenvalue weighted by molar-refractivity contribution is 7.80. The molecule has 0 unspecified atom stereocenters. The fraction of sp³-hybridized carbons (Fsp3) is 0.176. The zero-order valence-corrected chi connectivity index (χ0v) is 25.9. The first-order valence-electron chi connectivity index (χ1n) is 14.2. The van der Waals surface area contributed by atoms with Gasteiger partial charge in [0.15, 0.2) is 5.11 Å². The van der Waals surface area contributed by atoms with Gasteiger partial charge in [-0.3, -0.25) is 15.1 Å². The van der Waals surface area contributed by atoms with E-state index in [1.165, 1.54) is 13.2 Å². The molecular formula is C34H31N5O5S. The van der Waals surface area contributed by atoms with Crippen LogP contribution in [0.2, 0.25) is 0 Å². The van der Waals surface area contributed by atoms with E-state index >= 15 is 0 Å². The van der Waals surface area contributed by atoms with Crippen molar-refractivity contribution in [3.63, 3.8) is 0 Å². The van der Waals surface area contributed by atoms with Gasteiger partial charge in [0.25, 0.3) is 5.69 Å². The number of nitrogens with one attached hydrogen (secondary N) is 1. The SMILES string of the molecule is COc1ccc(Oc2ccc(N3C(=S)N[C@H](c4ccccn4)[C@@H]3c3cc(C)n(-c4ccc(OC)cc4[N+](=O)[O-])c3C)cc2)cc1. The molecule has 1 N–H and O–H groups in total. The molecule has 45 heavy (non-hydrogen) atoms. The van der Waals surface area contributed by atoms with Gasteiger partial charge in [-0.1, -0.05) is 6.07 Å². The van der Waals surface area contributed by atoms with Gasteiger partial charge in [-0.2, -0.15) is 0 Å². The van der Waals surface area contributed by atoms with Crippen molar-refractivity contribution in [3.8, 4) is 28.7 Å². The van der Waals surface area contributed by atoms with E-state index in [2.05, 4.69) is 21.3 Å². The number of thiocarbonyl (C=S) groups is 1. The Morgan fingerprint density at radius 3 is 2.13 bits per heavy atom. The third-order valence-corrected chi connectivity index (χ3v) is 8.23. The molecule has 0 aliphatic carbocycles. The van der Waals surface area contributed by atoms with E-state index in [9.17, 15) is 10.1 Å². The van der Waals surface area contributed by atoms with Crippen LogP contribution in [0.1, 0.15) is 34.7 Å². The molecule has 2 atom stereocenters. The van der Waals surface area contributed by atoms with Crippen LogP contribution < -0.4 is 24.4 Å². The van der Waals surface area contributed by atoms with Crippen LogP contribution >= 0.6 is 12.2 Å². The molecule has 1 saturated heterocycles. The second-order valence-electron chi connectivity index (χ2n) is 10.5. The molecule has 0 bridgehead atoms. The lowest BCUT2D eigenvalue weighted by atomic mass is 9.96. The molecule has 6 rings (SSSR count). The van der Waals surface area contributed by atoms with Gasteiger partial charge in [0.05, 0.1) is 43.0 Å². The fourth-order valence-corrected chi connectivity index (χ4v) is 6.17. The molecule has 0 spiro atoms. The Balaban J connectivity index is 1.41. The molecule has 1 aliphatic heterocycles. The zero-order chi connectivity index (χ0) is 31.7. The number of hydrogen-bond donors (Lipinski definition) is 1. The summed E-state index contributed by atoms with van der Waals surface area (Å²) in [5.41, 5.74) is 4.74. The van der Waals surface area contributed by atoms with E-state index in [1.54, 1.807) is 25.4 Å². The number of anilines is 1. The average molecular weight is 622 g/mol. The molecule has 0 amide bonds. The number of nitrogens with zero attached hydrogens (tertiary/aromatic N) is 4. The molecule has 0 saturated carbocycles. The molecule has 11 heteroatoms. The monoisotopic (exact) mass is 621 g/mol. The van der Waals surface area contributed by atoms with Crippen molar-refractivity contribution in [1.82, 2.24) is 14.9 Å². The first kappa shape index (κ1) is 29.6. The van der Waals surface area contributed by atoms with E-state index in [0.717, 1.165) is 34.1 Å². The van der Waals surface area contributed by atoms with Crippen LogP contribution in [-0.4, -0.2) is 33.8 Å². The van der Waals surface area contributed by atoms with Crippen molar-refractivity contribution < 1.29 is 19.1 Å². The van der Waals surface area contributed by atoms with Gasteiger partial charge in [0.2, 0.25) is 0 Å². The Kier molecular flexibility index (Phi) is 8.10. The number of benzene rings is 3. The highest BCUT2D eigenvalue weighted by Crippen LogP contribution is 2.45. The van der Waals surface area contributed by atoms with Gasteiger partial charge in [-0.25, -0.2) is 0 Å². The van der Waals surface area contributed by atoms with Crippen LogP contribution in [0.25, 0.3) is 5.69 Å². The Bertz CT molecular complexity index is 1860. The maximum Gasteiger partial charge on any atom is 0.296 e. The van der Waals surface area contributed by atoms with Gasteiger partial charge < -0.3 is 29.0 Å². The third kappa shape index (κ3) is 5.65. The standard InChI is InChI=1S/C34H31N5O5S/c1-21-19-28(22(2)37(21)30-17-16-27(43-4)20-31(30)39(40)41)33-32(29-7-5-6-18-35-29)36-34(45)38(33)23-8-10-25(11-9-23)44-26-14-12-24(42-3)13-15-26/h5-20,32-33H,1-4H3,(H,36,45)/t32-,33+/m1/s1. The number of nitro benzene ring substituents is 1. The summed E-state index contributed by atoms with van der Waals surface area (Å²) in [5, 5.41) is 16.1. The summed E-state index contributed by atoms with van der Waals surface area (Å²) in [4.78, 5) is 18.5. The molecule has 1 fully saturated rings. The van der Waals surface area contributed by atoms with Crippen molar-refractivity contribution in [2.24, 2.45) is 0 Å². The van der Waals surface area contributed by atoms with Crippen LogP contribution in [0.15, 0.2) is 97.2 Å². The Morgan fingerprint density at radius 2 is 1.51 bits per heavy atom. The van der Waals surface area contributed by atoms with Gasteiger partial charge >= 0.3 is 0 Å². The van der Waals surface area contributed by atoms with Crippen molar-refractivity contribution in [2.75, 3.05) is 19.1 Å². The number of hydrogen-bond acceptors (Lipinski definition) is 7. The normalized spacial score (nSPS) is 15.9. The lowest BCUT2D eigenvalue weighted by molar-refractivity contribution is -0.384. The van der Waals surface area contributed by atoms with Crippen LogP contribution in [0.5, 0.6) is 23.0 Å². The first-order chi connectivity index (χ1) is 21.8. The summed E-state index contributed by atoms with van der Waals surface area (Å²) in [6, 6.07) is 27.3. The number of aromatic nitrogens is 2. The summed E-state index contributed by atoms with van der Waals surface area (Å²) in [6.07, 6.45) is 1.76. The van der Waals surface area contributed by atoms with E-state index in [1.807, 2.05) is 85.1 Å². The summed E-state index contributed by atoms with van der Waals surface area (Å²) in [5.74, 6) is 2.53. The molecule has 5 aromatic rings. The predicted molar refractivity (Wildman–Crippen MR) is 176 cm³/mol. The summed E-state index contributed by atoms with van der Waals surface area (Å²) in [7, 11) is 3.11. The Hall–Kier alpha value is -5.42. The topological polar surface area (TPSA) is 104 Å². The second-order valence-corrected chi connectivity index (χ2v) is 10.9. The van der Waals surface area contributed by atoms with Gasteiger partial charge in [0, 0.05) is 23.3 Å². The zero-order valence-electron chi connectivity index (χ0n) is 25.1. The highest BCUT2D eigenvalue weighted by Gasteiger charge is 2.42. The number of nitro groups is 1. The average Bonchev–Trinajstić information content (AvgIpc) is 3.56. The van der Waals surface area contributed by atoms with Crippen molar-refractivity contribution in [1.29, 1.82) is 0 Å². The number of ether oxygens (including phenoxy) is 3. The maximum atomic E-state index is 12.1. The quantitative estimate of drug-likeness (QED) is 0.103. The molecule has 0 radical (unpaired) electrons. The summed E-state index contributed by atoms with van der Waals surface area (Å²) < 4.78 is 18.5. The number of rotatable bonds is 9. The van der Waals surface area contributed by atoms with E-state index in [4.69, 9.17) is 26.4 Å². The number of pyridine rings is 1. The lowest BCUT2D eigenvalue weighted by Gasteiger charge is -2.28. The predicted octanol–water partition coefficient (Wildman–Crippen LogP) is 7.38. The van der Waals surface area contributed by atoms with Crippen molar-refractivity contribution >= 4 is 28.7 Å². The molecule has 1 aliphatic rings. The van der Waals surface area contributed by atoms with Crippen LogP contribution in [0, 0.1) is 24.0 Å². The minimum Gasteiger partial charge on any atom is -0.497 e. The van der Waals surface area contributed by atoms with E-state index in [-0.39, 0.29) is 22.7 Å². The molecular weight excluding hydrogens is 590 g/mol. The Morgan fingerprint density at radius 1 is 0.867 bits per heavy atom. The van der Waals surface area contributed by atoms with Crippen molar-refractivity contribution in [3.05, 3.63) is 130 Å². The van der Waals surface area contributed by atoms with Crippen LogP contribution in [0.4, 0.5) is 11.4 Å². The minimum absolute atomic E-state index is 0.0478. The second kappa shape index (κ2) is 12.3. The van der Waals surface area contributed by atoms with Crippen LogP contribution in [-0.2, 0) is 0 Å². The largest absolute Gasteiger partial charge is 0.497 e. The minimum atomic E-state index is -0.388. The van der Waals surface area contributed by atoms with Crippen LogP contribution in [0.3, 0.4) is 0 Å².